The zero-order valence-electron chi connectivity index (χ0n) is 9.86. The van der Waals surface area contributed by atoms with Crippen LogP contribution in [0, 0.1) is 5.92 Å². The SMILES string of the molecule is CC(CN1CCN(C)C(C)C1)C(=O)NN. The van der Waals surface area contributed by atoms with Crippen LogP contribution in [0.25, 0.3) is 0 Å². The molecule has 1 aliphatic rings. The van der Waals surface area contributed by atoms with Crippen LogP contribution in [0.4, 0.5) is 0 Å². The molecule has 0 aromatic rings. The summed E-state index contributed by atoms with van der Waals surface area (Å²) in [6.45, 7) is 8.03. The molecule has 0 saturated carbocycles. The number of likely N-dealkylation sites (N-methyl/N-ethyl adjacent to an activating group) is 1. The maximum atomic E-state index is 11.3. The van der Waals surface area contributed by atoms with Gasteiger partial charge in [-0.2, -0.15) is 0 Å². The van der Waals surface area contributed by atoms with Crippen LogP contribution in [0.3, 0.4) is 0 Å². The number of amides is 1. The fourth-order valence-electron chi connectivity index (χ4n) is 1.90. The van der Waals surface area contributed by atoms with Gasteiger partial charge in [-0.1, -0.05) is 6.92 Å². The smallest absolute Gasteiger partial charge is 0.237 e. The third kappa shape index (κ3) is 3.44. The predicted molar refractivity (Wildman–Crippen MR) is 60.0 cm³/mol. The number of nitrogens with two attached hydrogens (primary N) is 1. The molecule has 0 aromatic heterocycles. The summed E-state index contributed by atoms with van der Waals surface area (Å²) in [5, 5.41) is 0. The summed E-state index contributed by atoms with van der Waals surface area (Å²) >= 11 is 0. The molecule has 0 radical (unpaired) electrons. The highest BCUT2D eigenvalue weighted by Gasteiger charge is 2.23. The van der Waals surface area contributed by atoms with E-state index < -0.39 is 0 Å². The van der Waals surface area contributed by atoms with Crippen molar-refractivity contribution in [3.8, 4) is 0 Å². The van der Waals surface area contributed by atoms with Gasteiger partial charge in [0.2, 0.25) is 5.91 Å². The maximum absolute atomic E-state index is 11.3. The molecule has 88 valence electrons. The summed E-state index contributed by atoms with van der Waals surface area (Å²) in [5.41, 5.74) is 2.20. The second-order valence-electron chi connectivity index (χ2n) is 4.50. The van der Waals surface area contributed by atoms with Gasteiger partial charge in [-0.3, -0.25) is 15.1 Å². The zero-order valence-corrected chi connectivity index (χ0v) is 9.86. The molecule has 1 aliphatic heterocycles. The van der Waals surface area contributed by atoms with Crippen molar-refractivity contribution in [2.45, 2.75) is 19.9 Å². The molecule has 0 aromatic carbocycles. The van der Waals surface area contributed by atoms with Crippen molar-refractivity contribution >= 4 is 5.91 Å². The molecule has 2 atom stereocenters. The van der Waals surface area contributed by atoms with Gasteiger partial charge in [0, 0.05) is 38.1 Å². The fraction of sp³-hybridized carbons (Fsp3) is 0.900. The Morgan fingerprint density at radius 3 is 2.80 bits per heavy atom. The minimum Gasteiger partial charge on any atom is -0.301 e. The monoisotopic (exact) mass is 214 g/mol. The Morgan fingerprint density at radius 1 is 1.60 bits per heavy atom. The van der Waals surface area contributed by atoms with Gasteiger partial charge >= 0.3 is 0 Å². The molecule has 0 aliphatic carbocycles. The second-order valence-corrected chi connectivity index (χ2v) is 4.50. The van der Waals surface area contributed by atoms with E-state index in [-0.39, 0.29) is 11.8 Å². The van der Waals surface area contributed by atoms with Crippen LogP contribution in [0.2, 0.25) is 0 Å². The van der Waals surface area contributed by atoms with Crippen molar-refractivity contribution < 1.29 is 4.79 Å². The van der Waals surface area contributed by atoms with Gasteiger partial charge in [-0.15, -0.1) is 0 Å². The molecule has 5 nitrogen and oxygen atoms in total. The summed E-state index contributed by atoms with van der Waals surface area (Å²) in [5.74, 6) is 4.98. The van der Waals surface area contributed by atoms with E-state index in [1.807, 2.05) is 6.92 Å². The molecule has 2 unspecified atom stereocenters. The molecule has 1 amide bonds. The summed E-state index contributed by atoms with van der Waals surface area (Å²) in [7, 11) is 2.14. The number of rotatable bonds is 3. The maximum Gasteiger partial charge on any atom is 0.237 e. The van der Waals surface area contributed by atoms with E-state index >= 15 is 0 Å². The lowest BCUT2D eigenvalue weighted by Crippen LogP contribution is -2.52. The first-order valence-corrected chi connectivity index (χ1v) is 5.47. The first kappa shape index (κ1) is 12.4. The molecule has 3 N–H and O–H groups in total. The number of hydrazine groups is 1. The largest absolute Gasteiger partial charge is 0.301 e. The quantitative estimate of drug-likeness (QED) is 0.369. The Labute approximate surface area is 91.6 Å². The van der Waals surface area contributed by atoms with Gasteiger partial charge < -0.3 is 4.90 Å². The first-order chi connectivity index (χ1) is 7.04. The standard InChI is InChI=1S/C10H22N4O/c1-8(10(15)12-11)6-14-5-4-13(3)9(2)7-14/h8-9H,4-7,11H2,1-3H3,(H,12,15). The van der Waals surface area contributed by atoms with Crippen molar-refractivity contribution in [3.63, 3.8) is 0 Å². The molecule has 1 rings (SSSR count). The average molecular weight is 214 g/mol. The Kier molecular flexibility index (Phi) is 4.50. The summed E-state index contributed by atoms with van der Waals surface area (Å²) in [6, 6.07) is 0.562. The number of nitrogens with zero attached hydrogens (tertiary/aromatic N) is 2. The van der Waals surface area contributed by atoms with Crippen molar-refractivity contribution in [2.24, 2.45) is 11.8 Å². The predicted octanol–water partition coefficient (Wildman–Crippen LogP) is -0.752. The molecule has 0 spiro atoms. The minimum absolute atomic E-state index is 0.0365. The van der Waals surface area contributed by atoms with E-state index in [1.54, 1.807) is 0 Å². The van der Waals surface area contributed by atoms with Gasteiger partial charge in [0.05, 0.1) is 0 Å². The highest BCUT2D eigenvalue weighted by Crippen LogP contribution is 2.09. The fourth-order valence-corrected chi connectivity index (χ4v) is 1.90. The van der Waals surface area contributed by atoms with Crippen LogP contribution in [0.5, 0.6) is 0 Å². The Morgan fingerprint density at radius 2 is 2.27 bits per heavy atom. The van der Waals surface area contributed by atoms with Gasteiger partial charge in [-0.25, -0.2) is 5.84 Å². The van der Waals surface area contributed by atoms with Crippen molar-refractivity contribution in [2.75, 3.05) is 33.2 Å². The lowest BCUT2D eigenvalue weighted by Gasteiger charge is -2.38. The molecule has 5 heteroatoms. The Bertz CT molecular complexity index is 221. The van der Waals surface area contributed by atoms with E-state index in [0.717, 1.165) is 26.2 Å². The molecular formula is C10H22N4O. The van der Waals surface area contributed by atoms with E-state index in [4.69, 9.17) is 5.84 Å². The number of piperazine rings is 1. The van der Waals surface area contributed by atoms with Crippen molar-refractivity contribution in [1.29, 1.82) is 0 Å². The van der Waals surface area contributed by atoms with Gasteiger partial charge in [0.1, 0.15) is 0 Å². The van der Waals surface area contributed by atoms with Crippen molar-refractivity contribution in [3.05, 3.63) is 0 Å². The van der Waals surface area contributed by atoms with E-state index in [2.05, 4.69) is 29.2 Å². The zero-order chi connectivity index (χ0) is 11.4. The summed E-state index contributed by atoms with van der Waals surface area (Å²) in [4.78, 5) is 15.9. The molecular weight excluding hydrogens is 192 g/mol. The first-order valence-electron chi connectivity index (χ1n) is 5.47. The topological polar surface area (TPSA) is 61.6 Å². The van der Waals surface area contributed by atoms with Crippen LogP contribution in [0.1, 0.15) is 13.8 Å². The van der Waals surface area contributed by atoms with Crippen LogP contribution >= 0.6 is 0 Å². The van der Waals surface area contributed by atoms with Crippen LogP contribution in [0.15, 0.2) is 0 Å². The number of carbonyl (C=O) groups is 1. The normalized spacial score (nSPS) is 26.3. The number of carbonyl (C=O) groups excluding carboxylic acids is 1. The molecule has 1 fully saturated rings. The van der Waals surface area contributed by atoms with Crippen molar-refractivity contribution in [1.82, 2.24) is 15.2 Å². The number of nitrogens with one attached hydrogen (secondary N) is 1. The summed E-state index contributed by atoms with van der Waals surface area (Å²) < 4.78 is 0. The number of hydrogen-bond acceptors (Lipinski definition) is 4. The van der Waals surface area contributed by atoms with Crippen LogP contribution in [-0.4, -0.2) is 55.0 Å². The summed E-state index contributed by atoms with van der Waals surface area (Å²) in [6.07, 6.45) is 0. The lowest BCUT2D eigenvalue weighted by atomic mass is 10.1. The van der Waals surface area contributed by atoms with Gasteiger partial charge in [0.15, 0.2) is 0 Å². The van der Waals surface area contributed by atoms with E-state index in [0.29, 0.717) is 6.04 Å². The molecule has 15 heavy (non-hydrogen) atoms. The second kappa shape index (κ2) is 5.44. The van der Waals surface area contributed by atoms with Crippen LogP contribution in [-0.2, 0) is 4.79 Å². The average Bonchev–Trinajstić information content (AvgIpc) is 2.22. The highest BCUT2D eigenvalue weighted by atomic mass is 16.2. The van der Waals surface area contributed by atoms with Gasteiger partial charge in [-0.05, 0) is 14.0 Å². The van der Waals surface area contributed by atoms with E-state index in [1.165, 1.54) is 0 Å². The third-order valence-electron chi connectivity index (χ3n) is 3.17. The lowest BCUT2D eigenvalue weighted by molar-refractivity contribution is -0.125. The van der Waals surface area contributed by atoms with E-state index in [9.17, 15) is 4.79 Å². The van der Waals surface area contributed by atoms with Crippen LogP contribution < -0.4 is 11.3 Å². The van der Waals surface area contributed by atoms with Gasteiger partial charge in [0.25, 0.3) is 0 Å². The Hall–Kier alpha value is -0.650. The minimum atomic E-state index is -0.0819. The Balaban J connectivity index is 2.36. The number of hydrogen-bond donors (Lipinski definition) is 2. The molecule has 0 bridgehead atoms. The third-order valence-corrected chi connectivity index (χ3v) is 3.17. The molecule has 1 heterocycles. The molecule has 1 saturated heterocycles. The highest BCUT2D eigenvalue weighted by molar-refractivity contribution is 5.77.